The second kappa shape index (κ2) is 4.14. The molecule has 3 nitrogen and oxygen atoms in total. The summed E-state index contributed by atoms with van der Waals surface area (Å²) in [7, 11) is 1.77. The number of pyridine rings is 1. The molecule has 0 fully saturated rings. The molecule has 0 aromatic carbocycles. The van der Waals surface area contributed by atoms with Crippen molar-refractivity contribution in [1.82, 2.24) is 10.3 Å². The number of Topliss-reactive ketones (excluding diaryl/α,β-unsaturated/α-hetero) is 1. The number of hydrogen-bond acceptors (Lipinski definition) is 3. The van der Waals surface area contributed by atoms with Crippen molar-refractivity contribution >= 4 is 5.78 Å². The summed E-state index contributed by atoms with van der Waals surface area (Å²) in [5.41, 5.74) is 1.67. The molecule has 0 aliphatic carbocycles. The zero-order valence-electron chi connectivity index (χ0n) is 8.16. The van der Waals surface area contributed by atoms with Gasteiger partial charge in [-0.05, 0) is 32.5 Å². The van der Waals surface area contributed by atoms with E-state index in [1.807, 2.05) is 19.9 Å². The summed E-state index contributed by atoms with van der Waals surface area (Å²) in [6.07, 6.45) is 3.31. The van der Waals surface area contributed by atoms with Crippen LogP contribution in [0.25, 0.3) is 0 Å². The van der Waals surface area contributed by atoms with Crippen molar-refractivity contribution < 1.29 is 4.79 Å². The summed E-state index contributed by atoms with van der Waals surface area (Å²) in [6, 6.07) is 1.69. The lowest BCUT2D eigenvalue weighted by atomic mass is 10.0. The van der Waals surface area contributed by atoms with E-state index in [1.165, 1.54) is 0 Å². The number of carbonyl (C=O) groups excluding carboxylic acids is 1. The number of aromatic nitrogens is 1. The van der Waals surface area contributed by atoms with E-state index in [0.717, 1.165) is 5.56 Å². The maximum Gasteiger partial charge on any atom is 0.181 e. The Kier molecular flexibility index (Phi) is 3.14. The molecular formula is C10H14N2O. The maximum atomic E-state index is 11.7. The van der Waals surface area contributed by atoms with Gasteiger partial charge in [0.2, 0.25) is 0 Å². The molecule has 70 valence electrons. The van der Waals surface area contributed by atoms with Gasteiger partial charge in [0.15, 0.2) is 5.78 Å². The normalized spacial score (nSPS) is 12.5. The highest BCUT2D eigenvalue weighted by Crippen LogP contribution is 2.07. The van der Waals surface area contributed by atoms with Gasteiger partial charge in [-0.25, -0.2) is 0 Å². The minimum absolute atomic E-state index is 0.0908. The molecule has 0 amide bonds. The largest absolute Gasteiger partial charge is 0.310 e. The summed E-state index contributed by atoms with van der Waals surface area (Å²) in [4.78, 5) is 15.6. The summed E-state index contributed by atoms with van der Waals surface area (Å²) in [6.45, 7) is 3.76. The van der Waals surface area contributed by atoms with Crippen LogP contribution in [-0.4, -0.2) is 23.9 Å². The number of aryl methyl sites for hydroxylation is 1. The first-order valence-corrected chi connectivity index (χ1v) is 4.29. The van der Waals surface area contributed by atoms with E-state index >= 15 is 0 Å². The van der Waals surface area contributed by atoms with Crippen molar-refractivity contribution in [2.75, 3.05) is 7.05 Å². The molecule has 1 unspecified atom stereocenters. The van der Waals surface area contributed by atoms with Crippen LogP contribution >= 0.6 is 0 Å². The van der Waals surface area contributed by atoms with Gasteiger partial charge >= 0.3 is 0 Å². The summed E-state index contributed by atoms with van der Waals surface area (Å²) in [5.74, 6) is 0.0908. The maximum absolute atomic E-state index is 11.7. The fourth-order valence-electron chi connectivity index (χ4n) is 1.09. The molecule has 1 atom stereocenters. The van der Waals surface area contributed by atoms with Gasteiger partial charge in [-0.1, -0.05) is 0 Å². The minimum Gasteiger partial charge on any atom is -0.310 e. The Labute approximate surface area is 78.2 Å². The highest BCUT2D eigenvalue weighted by atomic mass is 16.1. The van der Waals surface area contributed by atoms with Gasteiger partial charge in [0.1, 0.15) is 0 Å². The fraction of sp³-hybridized carbons (Fsp3) is 0.400. The Balaban J connectivity index is 2.95. The molecule has 0 spiro atoms. The van der Waals surface area contributed by atoms with Crippen molar-refractivity contribution in [3.05, 3.63) is 29.6 Å². The van der Waals surface area contributed by atoms with E-state index in [-0.39, 0.29) is 11.8 Å². The Morgan fingerprint density at radius 2 is 2.31 bits per heavy atom. The molecule has 13 heavy (non-hydrogen) atoms. The Bertz CT molecular complexity index is 310. The Hall–Kier alpha value is -1.22. The van der Waals surface area contributed by atoms with Crippen molar-refractivity contribution in [2.24, 2.45) is 0 Å². The number of ketones is 1. The molecule has 1 rings (SSSR count). The van der Waals surface area contributed by atoms with E-state index in [0.29, 0.717) is 5.56 Å². The molecule has 0 saturated carbocycles. The highest BCUT2D eigenvalue weighted by molar-refractivity contribution is 6.00. The minimum atomic E-state index is -0.150. The lowest BCUT2D eigenvalue weighted by molar-refractivity contribution is 0.0954. The van der Waals surface area contributed by atoms with E-state index in [9.17, 15) is 4.79 Å². The van der Waals surface area contributed by atoms with Gasteiger partial charge in [0.05, 0.1) is 6.04 Å². The van der Waals surface area contributed by atoms with Gasteiger partial charge in [-0.3, -0.25) is 9.78 Å². The van der Waals surface area contributed by atoms with Gasteiger partial charge in [0.25, 0.3) is 0 Å². The average molecular weight is 178 g/mol. The molecule has 0 bridgehead atoms. The van der Waals surface area contributed by atoms with Gasteiger partial charge < -0.3 is 5.32 Å². The van der Waals surface area contributed by atoms with Crippen LogP contribution in [0.5, 0.6) is 0 Å². The van der Waals surface area contributed by atoms with Crippen LogP contribution in [0.2, 0.25) is 0 Å². The van der Waals surface area contributed by atoms with E-state index in [2.05, 4.69) is 10.3 Å². The van der Waals surface area contributed by atoms with Crippen molar-refractivity contribution in [3.63, 3.8) is 0 Å². The van der Waals surface area contributed by atoms with Crippen LogP contribution in [-0.2, 0) is 0 Å². The van der Waals surface area contributed by atoms with E-state index in [4.69, 9.17) is 0 Å². The van der Waals surface area contributed by atoms with Crippen LogP contribution in [0.15, 0.2) is 18.5 Å². The first-order valence-electron chi connectivity index (χ1n) is 4.29. The Morgan fingerprint density at radius 3 is 2.85 bits per heavy atom. The molecular weight excluding hydrogens is 164 g/mol. The molecule has 1 aromatic heterocycles. The van der Waals surface area contributed by atoms with Crippen LogP contribution in [0.3, 0.4) is 0 Å². The fourth-order valence-corrected chi connectivity index (χ4v) is 1.09. The molecule has 1 heterocycles. The van der Waals surface area contributed by atoms with Crippen LogP contribution < -0.4 is 5.32 Å². The lowest BCUT2D eigenvalue weighted by Gasteiger charge is -2.09. The van der Waals surface area contributed by atoms with Crippen molar-refractivity contribution in [3.8, 4) is 0 Å². The number of carbonyl (C=O) groups is 1. The predicted octanol–water partition coefficient (Wildman–Crippen LogP) is 1.18. The number of rotatable bonds is 3. The molecule has 1 aromatic rings. The van der Waals surface area contributed by atoms with Crippen LogP contribution in [0.1, 0.15) is 22.8 Å². The number of likely N-dealkylation sites (N-methyl/N-ethyl adjacent to an activating group) is 1. The zero-order valence-corrected chi connectivity index (χ0v) is 8.16. The highest BCUT2D eigenvalue weighted by Gasteiger charge is 2.14. The van der Waals surface area contributed by atoms with Crippen molar-refractivity contribution in [2.45, 2.75) is 19.9 Å². The summed E-state index contributed by atoms with van der Waals surface area (Å²) >= 11 is 0. The van der Waals surface area contributed by atoms with Crippen LogP contribution in [0.4, 0.5) is 0 Å². The quantitative estimate of drug-likeness (QED) is 0.707. The Morgan fingerprint density at radius 1 is 1.62 bits per heavy atom. The van der Waals surface area contributed by atoms with E-state index in [1.54, 1.807) is 19.4 Å². The zero-order chi connectivity index (χ0) is 9.84. The number of hydrogen-bond donors (Lipinski definition) is 1. The second-order valence-corrected chi connectivity index (χ2v) is 3.07. The van der Waals surface area contributed by atoms with Gasteiger partial charge in [-0.15, -0.1) is 0 Å². The SMILES string of the molecule is CNC(C)C(=O)c1cnccc1C. The molecule has 0 saturated heterocycles. The van der Waals surface area contributed by atoms with Crippen LogP contribution in [0, 0.1) is 6.92 Å². The first kappa shape index (κ1) is 9.86. The monoisotopic (exact) mass is 178 g/mol. The average Bonchev–Trinajstić information content (AvgIpc) is 2.16. The lowest BCUT2D eigenvalue weighted by Crippen LogP contribution is -2.31. The second-order valence-electron chi connectivity index (χ2n) is 3.07. The number of nitrogens with one attached hydrogen (secondary N) is 1. The van der Waals surface area contributed by atoms with Crippen molar-refractivity contribution in [1.29, 1.82) is 0 Å². The topological polar surface area (TPSA) is 42.0 Å². The smallest absolute Gasteiger partial charge is 0.181 e. The third kappa shape index (κ3) is 2.12. The molecule has 0 aliphatic heterocycles. The number of nitrogens with zero attached hydrogens (tertiary/aromatic N) is 1. The molecule has 0 aliphatic rings. The third-order valence-electron chi connectivity index (χ3n) is 2.13. The van der Waals surface area contributed by atoms with Gasteiger partial charge in [0, 0.05) is 18.0 Å². The molecule has 1 N–H and O–H groups in total. The molecule has 3 heteroatoms. The summed E-state index contributed by atoms with van der Waals surface area (Å²) < 4.78 is 0. The predicted molar refractivity (Wildman–Crippen MR) is 51.8 cm³/mol. The first-order chi connectivity index (χ1) is 6.16. The third-order valence-corrected chi connectivity index (χ3v) is 2.13. The summed E-state index contributed by atoms with van der Waals surface area (Å²) in [5, 5.41) is 2.91. The molecule has 0 radical (unpaired) electrons. The van der Waals surface area contributed by atoms with E-state index < -0.39 is 0 Å². The standard InChI is InChI=1S/C10H14N2O/c1-7-4-5-12-6-9(7)10(13)8(2)11-3/h4-6,8,11H,1-3H3. The van der Waals surface area contributed by atoms with Gasteiger partial charge in [-0.2, -0.15) is 0 Å².